The van der Waals surface area contributed by atoms with E-state index in [4.69, 9.17) is 4.74 Å². The summed E-state index contributed by atoms with van der Waals surface area (Å²) >= 11 is 0. The Labute approximate surface area is 118 Å². The summed E-state index contributed by atoms with van der Waals surface area (Å²) in [5.74, 6) is 0.0565. The maximum atomic E-state index is 11.9. The molecule has 3 heterocycles. The van der Waals surface area contributed by atoms with E-state index in [-0.39, 0.29) is 12.0 Å². The Hall–Kier alpha value is -1.40. The first-order valence-corrected chi connectivity index (χ1v) is 7.47. The normalized spacial score (nSPS) is 26.0. The van der Waals surface area contributed by atoms with Gasteiger partial charge in [-0.25, -0.2) is 0 Å². The van der Waals surface area contributed by atoms with Crippen molar-refractivity contribution >= 4 is 11.6 Å². The van der Waals surface area contributed by atoms with Crippen molar-refractivity contribution in [1.82, 2.24) is 15.1 Å². The van der Waals surface area contributed by atoms with Crippen molar-refractivity contribution in [2.45, 2.75) is 50.8 Å². The van der Waals surface area contributed by atoms with E-state index in [1.54, 1.807) is 6.20 Å². The van der Waals surface area contributed by atoms with Crippen LogP contribution in [-0.4, -0.2) is 41.0 Å². The van der Waals surface area contributed by atoms with E-state index in [1.165, 1.54) is 0 Å². The molecule has 0 aromatic carbocycles. The van der Waals surface area contributed by atoms with E-state index in [1.807, 2.05) is 10.9 Å². The quantitative estimate of drug-likeness (QED) is 0.847. The van der Waals surface area contributed by atoms with Crippen LogP contribution in [0, 0.1) is 0 Å². The molecular weight excluding hydrogens is 256 g/mol. The molecule has 1 aromatic rings. The highest BCUT2D eigenvalue weighted by atomic mass is 16.5. The van der Waals surface area contributed by atoms with Crippen LogP contribution in [-0.2, 0) is 16.1 Å². The minimum absolute atomic E-state index is 0.0565. The summed E-state index contributed by atoms with van der Waals surface area (Å²) in [4.78, 5) is 11.9. The predicted molar refractivity (Wildman–Crippen MR) is 75.5 cm³/mol. The van der Waals surface area contributed by atoms with Crippen LogP contribution in [0.4, 0.5) is 5.69 Å². The molecule has 6 nitrogen and oxygen atoms in total. The summed E-state index contributed by atoms with van der Waals surface area (Å²) in [6, 6.07) is 0.330. The van der Waals surface area contributed by atoms with E-state index in [0.29, 0.717) is 12.5 Å². The Morgan fingerprint density at radius 3 is 3.20 bits per heavy atom. The summed E-state index contributed by atoms with van der Waals surface area (Å²) in [6.07, 6.45) is 8.86. The lowest BCUT2D eigenvalue weighted by Gasteiger charge is -2.09. The highest BCUT2D eigenvalue weighted by Crippen LogP contribution is 2.15. The summed E-state index contributed by atoms with van der Waals surface area (Å²) < 4.78 is 7.43. The highest BCUT2D eigenvalue weighted by Gasteiger charge is 2.19. The molecule has 0 saturated carbocycles. The molecule has 0 radical (unpaired) electrons. The summed E-state index contributed by atoms with van der Waals surface area (Å²) in [5, 5.41) is 10.5. The first-order chi connectivity index (χ1) is 9.79. The van der Waals surface area contributed by atoms with Crippen LogP contribution >= 0.6 is 0 Å². The van der Waals surface area contributed by atoms with Gasteiger partial charge < -0.3 is 15.4 Å². The van der Waals surface area contributed by atoms with E-state index in [2.05, 4.69) is 15.7 Å². The number of aromatic nitrogens is 2. The molecule has 0 spiro atoms. The van der Waals surface area contributed by atoms with Crippen LogP contribution in [0.25, 0.3) is 0 Å². The largest absolute Gasteiger partial charge is 0.376 e. The first-order valence-electron chi connectivity index (χ1n) is 7.47. The molecule has 2 N–H and O–H groups in total. The Morgan fingerprint density at radius 1 is 1.50 bits per heavy atom. The molecule has 0 aliphatic carbocycles. The minimum atomic E-state index is 0.0565. The molecule has 3 rings (SSSR count). The van der Waals surface area contributed by atoms with Gasteiger partial charge in [-0.1, -0.05) is 0 Å². The Bertz CT molecular complexity index is 448. The topological polar surface area (TPSA) is 68.2 Å². The van der Waals surface area contributed by atoms with Crippen LogP contribution in [0.5, 0.6) is 0 Å². The molecule has 2 aliphatic rings. The maximum Gasteiger partial charge on any atom is 0.226 e. The highest BCUT2D eigenvalue weighted by molar-refractivity contribution is 5.90. The fourth-order valence-electron chi connectivity index (χ4n) is 2.89. The van der Waals surface area contributed by atoms with Gasteiger partial charge in [-0.05, 0) is 32.2 Å². The first kappa shape index (κ1) is 13.6. The van der Waals surface area contributed by atoms with Crippen molar-refractivity contribution in [3.8, 4) is 0 Å². The second kappa shape index (κ2) is 6.37. The number of nitrogens with one attached hydrogen (secondary N) is 2. The summed E-state index contributed by atoms with van der Waals surface area (Å²) in [7, 11) is 0. The Balaban J connectivity index is 1.47. The minimum Gasteiger partial charge on any atom is -0.376 e. The second-order valence-electron chi connectivity index (χ2n) is 5.63. The SMILES string of the molecule is O=C(CC1CCCN1)Nc1cnn(CC2CCCO2)c1. The van der Waals surface area contributed by atoms with Gasteiger partial charge in [0.2, 0.25) is 5.91 Å². The van der Waals surface area contributed by atoms with E-state index in [0.717, 1.165) is 51.1 Å². The molecule has 2 aliphatic heterocycles. The summed E-state index contributed by atoms with van der Waals surface area (Å²) in [5.41, 5.74) is 0.769. The molecule has 6 heteroatoms. The lowest BCUT2D eigenvalue weighted by molar-refractivity contribution is -0.116. The van der Waals surface area contributed by atoms with Crippen LogP contribution in [0.2, 0.25) is 0 Å². The van der Waals surface area contributed by atoms with Crippen LogP contribution in [0.1, 0.15) is 32.1 Å². The Kier molecular flexibility index (Phi) is 4.32. The number of ether oxygens (including phenoxy) is 1. The maximum absolute atomic E-state index is 11.9. The number of amides is 1. The van der Waals surface area contributed by atoms with Gasteiger partial charge in [0.1, 0.15) is 0 Å². The van der Waals surface area contributed by atoms with Crippen molar-refractivity contribution in [2.24, 2.45) is 0 Å². The number of carbonyl (C=O) groups is 1. The van der Waals surface area contributed by atoms with Gasteiger partial charge in [0.05, 0.1) is 24.5 Å². The number of rotatable bonds is 5. The zero-order chi connectivity index (χ0) is 13.8. The van der Waals surface area contributed by atoms with Gasteiger partial charge in [0.25, 0.3) is 0 Å². The third-order valence-corrected chi connectivity index (χ3v) is 3.93. The Morgan fingerprint density at radius 2 is 2.45 bits per heavy atom. The van der Waals surface area contributed by atoms with Crippen LogP contribution in [0.15, 0.2) is 12.4 Å². The molecule has 2 saturated heterocycles. The number of anilines is 1. The molecule has 1 amide bonds. The number of hydrogen-bond acceptors (Lipinski definition) is 4. The van der Waals surface area contributed by atoms with Crippen molar-refractivity contribution in [3.63, 3.8) is 0 Å². The molecule has 2 atom stereocenters. The monoisotopic (exact) mass is 278 g/mol. The van der Waals surface area contributed by atoms with Gasteiger partial charge in [0, 0.05) is 25.3 Å². The standard InChI is InChI=1S/C14H22N4O2/c19-14(7-11-3-1-5-15-11)17-12-8-16-18(9-12)10-13-4-2-6-20-13/h8-9,11,13,15H,1-7,10H2,(H,17,19). The van der Waals surface area contributed by atoms with Crippen molar-refractivity contribution in [2.75, 3.05) is 18.5 Å². The second-order valence-corrected chi connectivity index (χ2v) is 5.63. The van der Waals surface area contributed by atoms with Crippen molar-refractivity contribution in [3.05, 3.63) is 12.4 Å². The van der Waals surface area contributed by atoms with Gasteiger partial charge in [-0.15, -0.1) is 0 Å². The van der Waals surface area contributed by atoms with Crippen LogP contribution in [0.3, 0.4) is 0 Å². The van der Waals surface area contributed by atoms with E-state index >= 15 is 0 Å². The molecule has 110 valence electrons. The molecule has 2 fully saturated rings. The molecule has 0 bridgehead atoms. The average Bonchev–Trinajstić information content (AvgIpc) is 3.12. The van der Waals surface area contributed by atoms with Gasteiger partial charge >= 0.3 is 0 Å². The van der Waals surface area contributed by atoms with Gasteiger partial charge in [0.15, 0.2) is 0 Å². The van der Waals surface area contributed by atoms with Crippen molar-refractivity contribution < 1.29 is 9.53 Å². The average molecular weight is 278 g/mol. The van der Waals surface area contributed by atoms with E-state index in [9.17, 15) is 4.79 Å². The zero-order valence-electron chi connectivity index (χ0n) is 11.7. The van der Waals surface area contributed by atoms with Gasteiger partial charge in [-0.3, -0.25) is 9.48 Å². The molecular formula is C14H22N4O2. The third kappa shape index (κ3) is 3.58. The fraction of sp³-hybridized carbons (Fsp3) is 0.714. The number of nitrogens with zero attached hydrogens (tertiary/aromatic N) is 2. The number of hydrogen-bond donors (Lipinski definition) is 2. The molecule has 1 aromatic heterocycles. The lowest BCUT2D eigenvalue weighted by Crippen LogP contribution is -2.27. The number of carbonyl (C=O) groups excluding carboxylic acids is 1. The third-order valence-electron chi connectivity index (χ3n) is 3.93. The van der Waals surface area contributed by atoms with Crippen molar-refractivity contribution in [1.29, 1.82) is 0 Å². The lowest BCUT2D eigenvalue weighted by atomic mass is 10.1. The summed E-state index contributed by atoms with van der Waals surface area (Å²) in [6.45, 7) is 2.64. The predicted octanol–water partition coefficient (Wildman–Crippen LogP) is 1.14. The smallest absolute Gasteiger partial charge is 0.226 e. The molecule has 20 heavy (non-hydrogen) atoms. The van der Waals surface area contributed by atoms with Crippen LogP contribution < -0.4 is 10.6 Å². The zero-order valence-corrected chi connectivity index (χ0v) is 11.7. The molecule has 2 unspecified atom stereocenters. The van der Waals surface area contributed by atoms with Gasteiger partial charge in [-0.2, -0.15) is 5.10 Å². The fourth-order valence-corrected chi connectivity index (χ4v) is 2.89. The van der Waals surface area contributed by atoms with E-state index < -0.39 is 0 Å².